The van der Waals surface area contributed by atoms with E-state index in [9.17, 15) is 14.4 Å². The van der Waals surface area contributed by atoms with Gasteiger partial charge in [0.25, 0.3) is 5.91 Å². The molecule has 1 N–H and O–H groups in total. The highest BCUT2D eigenvalue weighted by atomic mass is 32.1. The normalized spacial score (nSPS) is 16.2. The molecule has 174 valence electrons. The summed E-state index contributed by atoms with van der Waals surface area (Å²) in [5.74, 6) is -1.09. The molecule has 1 aromatic carbocycles. The van der Waals surface area contributed by atoms with Gasteiger partial charge < -0.3 is 19.2 Å². The van der Waals surface area contributed by atoms with Crippen LogP contribution in [0.25, 0.3) is 11.1 Å². The van der Waals surface area contributed by atoms with Gasteiger partial charge in [-0.1, -0.05) is 19.9 Å². The van der Waals surface area contributed by atoms with Gasteiger partial charge in [-0.3, -0.25) is 4.79 Å². The number of esters is 2. The van der Waals surface area contributed by atoms with Gasteiger partial charge in [-0.25, -0.2) is 14.6 Å². The maximum absolute atomic E-state index is 13.1. The number of ether oxygens (including phenoxy) is 2. The van der Waals surface area contributed by atoms with E-state index in [2.05, 4.69) is 17.2 Å². The van der Waals surface area contributed by atoms with Crippen molar-refractivity contribution in [3.63, 3.8) is 0 Å². The number of benzene rings is 1. The summed E-state index contributed by atoms with van der Waals surface area (Å²) in [5.41, 5.74) is 2.43. The SMILES string of the molecule is CCOC(=O)c1c(NC(=O)C(CC)OC(=O)c2cccc3ocnc23)sc2c1CCC(C)C2. The molecule has 0 radical (unpaired) electrons. The Bertz CT molecular complexity index is 1200. The third-order valence-electron chi connectivity index (χ3n) is 5.72. The average molecular weight is 471 g/mol. The molecule has 1 aliphatic rings. The molecule has 2 unspecified atom stereocenters. The fraction of sp³-hybridized carbons (Fsp3) is 0.417. The van der Waals surface area contributed by atoms with E-state index in [0.717, 1.165) is 29.7 Å². The largest absolute Gasteiger partial charge is 0.462 e. The fourth-order valence-electron chi connectivity index (χ4n) is 4.02. The summed E-state index contributed by atoms with van der Waals surface area (Å²) in [7, 11) is 0. The van der Waals surface area contributed by atoms with Crippen LogP contribution in [-0.4, -0.2) is 35.5 Å². The van der Waals surface area contributed by atoms with Crippen LogP contribution in [0.15, 0.2) is 29.0 Å². The van der Waals surface area contributed by atoms with Crippen molar-refractivity contribution in [2.75, 3.05) is 11.9 Å². The van der Waals surface area contributed by atoms with Crippen LogP contribution in [0.2, 0.25) is 0 Å². The molecule has 1 amide bonds. The van der Waals surface area contributed by atoms with Crippen LogP contribution >= 0.6 is 11.3 Å². The third-order valence-corrected chi connectivity index (χ3v) is 6.89. The molecule has 2 aromatic heterocycles. The molecule has 33 heavy (non-hydrogen) atoms. The second-order valence-corrected chi connectivity index (χ2v) is 9.18. The van der Waals surface area contributed by atoms with Crippen LogP contribution in [0.1, 0.15) is 64.8 Å². The molecular formula is C24H26N2O6S. The standard InChI is InChI=1S/C24H26N2O6S/c1-4-16(32-23(28)15-7-6-8-17-20(15)25-12-31-17)21(27)26-22-19(24(29)30-5-2)14-10-9-13(3)11-18(14)33-22/h6-8,12-13,16H,4-5,9-11H2,1-3H3,(H,26,27). The quantitative estimate of drug-likeness (QED) is 0.496. The van der Waals surface area contributed by atoms with E-state index in [0.29, 0.717) is 27.6 Å². The zero-order valence-electron chi connectivity index (χ0n) is 18.8. The number of carbonyl (C=O) groups is 3. The molecule has 0 saturated carbocycles. The predicted molar refractivity (Wildman–Crippen MR) is 124 cm³/mol. The summed E-state index contributed by atoms with van der Waals surface area (Å²) in [4.78, 5) is 43.7. The average Bonchev–Trinajstić information content (AvgIpc) is 3.41. The van der Waals surface area contributed by atoms with Crippen LogP contribution in [0.3, 0.4) is 0 Å². The van der Waals surface area contributed by atoms with Gasteiger partial charge in [0.15, 0.2) is 18.1 Å². The van der Waals surface area contributed by atoms with Gasteiger partial charge in [-0.15, -0.1) is 11.3 Å². The number of aromatic nitrogens is 1. The minimum atomic E-state index is -1.03. The Kier molecular flexibility index (Phi) is 6.78. The van der Waals surface area contributed by atoms with Crippen molar-refractivity contribution in [2.45, 2.75) is 52.6 Å². The highest BCUT2D eigenvalue weighted by Gasteiger charge is 2.31. The number of hydrogen-bond acceptors (Lipinski definition) is 8. The molecule has 0 bridgehead atoms. The summed E-state index contributed by atoms with van der Waals surface area (Å²) in [5, 5.41) is 3.28. The highest BCUT2D eigenvalue weighted by Crippen LogP contribution is 2.40. The molecule has 2 heterocycles. The van der Waals surface area contributed by atoms with Gasteiger partial charge in [0.1, 0.15) is 10.5 Å². The van der Waals surface area contributed by atoms with Crippen molar-refractivity contribution in [3.8, 4) is 0 Å². The van der Waals surface area contributed by atoms with E-state index < -0.39 is 23.9 Å². The van der Waals surface area contributed by atoms with Gasteiger partial charge in [0.2, 0.25) is 0 Å². The van der Waals surface area contributed by atoms with E-state index in [1.54, 1.807) is 32.0 Å². The molecular weight excluding hydrogens is 444 g/mol. The molecule has 8 nitrogen and oxygen atoms in total. The molecule has 0 saturated heterocycles. The number of amides is 1. The van der Waals surface area contributed by atoms with Crippen LogP contribution in [0, 0.1) is 5.92 Å². The first-order valence-electron chi connectivity index (χ1n) is 11.1. The molecule has 0 aliphatic heterocycles. The summed E-state index contributed by atoms with van der Waals surface area (Å²) in [6, 6.07) is 4.93. The third kappa shape index (κ3) is 4.64. The second-order valence-electron chi connectivity index (χ2n) is 8.07. The Labute approximate surface area is 195 Å². The molecule has 0 fully saturated rings. The Hall–Kier alpha value is -3.20. The monoisotopic (exact) mass is 470 g/mol. The first-order valence-corrected chi connectivity index (χ1v) is 11.9. The van der Waals surface area contributed by atoms with Crippen molar-refractivity contribution in [3.05, 3.63) is 46.2 Å². The molecule has 3 aromatic rings. The zero-order chi connectivity index (χ0) is 23.5. The van der Waals surface area contributed by atoms with E-state index in [4.69, 9.17) is 13.9 Å². The zero-order valence-corrected chi connectivity index (χ0v) is 19.6. The smallest absolute Gasteiger partial charge is 0.341 e. The van der Waals surface area contributed by atoms with Gasteiger partial charge >= 0.3 is 11.9 Å². The van der Waals surface area contributed by atoms with Gasteiger partial charge in [-0.05, 0) is 56.2 Å². The number of anilines is 1. The molecule has 2 atom stereocenters. The van der Waals surface area contributed by atoms with E-state index in [1.807, 2.05) is 0 Å². The van der Waals surface area contributed by atoms with Gasteiger partial charge in [-0.2, -0.15) is 0 Å². The van der Waals surface area contributed by atoms with Crippen molar-refractivity contribution in [2.24, 2.45) is 5.92 Å². The van der Waals surface area contributed by atoms with Crippen molar-refractivity contribution >= 4 is 45.3 Å². The summed E-state index contributed by atoms with van der Waals surface area (Å²) < 4.78 is 16.0. The number of oxazole rings is 1. The number of hydrogen-bond donors (Lipinski definition) is 1. The number of para-hydroxylation sites is 1. The van der Waals surface area contributed by atoms with Crippen molar-refractivity contribution < 1.29 is 28.3 Å². The topological polar surface area (TPSA) is 108 Å². The summed E-state index contributed by atoms with van der Waals surface area (Å²) in [6.07, 6.45) is 3.09. The van der Waals surface area contributed by atoms with E-state index in [-0.39, 0.29) is 18.6 Å². The summed E-state index contributed by atoms with van der Waals surface area (Å²) in [6.45, 7) is 5.92. The van der Waals surface area contributed by atoms with Crippen LogP contribution in [-0.2, 0) is 27.1 Å². The Morgan fingerprint density at radius 1 is 1.27 bits per heavy atom. The predicted octanol–water partition coefficient (Wildman–Crippen LogP) is 4.76. The highest BCUT2D eigenvalue weighted by molar-refractivity contribution is 7.17. The molecule has 1 aliphatic carbocycles. The van der Waals surface area contributed by atoms with Crippen LogP contribution < -0.4 is 5.32 Å². The number of fused-ring (bicyclic) bond motifs is 2. The minimum absolute atomic E-state index is 0.222. The van der Waals surface area contributed by atoms with Crippen LogP contribution in [0.5, 0.6) is 0 Å². The number of rotatable bonds is 7. The number of nitrogens with zero attached hydrogens (tertiary/aromatic N) is 1. The Morgan fingerprint density at radius 3 is 2.85 bits per heavy atom. The van der Waals surface area contributed by atoms with Crippen molar-refractivity contribution in [1.82, 2.24) is 4.98 Å². The Morgan fingerprint density at radius 2 is 2.09 bits per heavy atom. The summed E-state index contributed by atoms with van der Waals surface area (Å²) >= 11 is 1.40. The van der Waals surface area contributed by atoms with E-state index in [1.165, 1.54) is 17.7 Å². The first-order chi connectivity index (χ1) is 15.9. The lowest BCUT2D eigenvalue weighted by Gasteiger charge is -2.18. The molecule has 9 heteroatoms. The molecule has 4 rings (SSSR count). The minimum Gasteiger partial charge on any atom is -0.462 e. The first kappa shape index (κ1) is 23.0. The van der Waals surface area contributed by atoms with E-state index >= 15 is 0 Å². The maximum Gasteiger partial charge on any atom is 0.341 e. The number of nitrogens with one attached hydrogen (secondary N) is 1. The molecule has 0 spiro atoms. The number of carbonyl (C=O) groups excluding carboxylic acids is 3. The second kappa shape index (κ2) is 9.74. The fourth-order valence-corrected chi connectivity index (χ4v) is 5.42. The van der Waals surface area contributed by atoms with Crippen LogP contribution in [0.4, 0.5) is 5.00 Å². The lowest BCUT2D eigenvalue weighted by atomic mass is 9.88. The lowest BCUT2D eigenvalue weighted by molar-refractivity contribution is -0.124. The number of thiophene rings is 1. The Balaban J connectivity index is 1.55. The van der Waals surface area contributed by atoms with Gasteiger partial charge in [0.05, 0.1) is 17.7 Å². The maximum atomic E-state index is 13.1. The van der Waals surface area contributed by atoms with Crippen molar-refractivity contribution in [1.29, 1.82) is 0 Å². The van der Waals surface area contributed by atoms with Gasteiger partial charge in [0, 0.05) is 4.88 Å². The lowest BCUT2D eigenvalue weighted by Crippen LogP contribution is -2.32.